The van der Waals surface area contributed by atoms with E-state index in [-0.39, 0.29) is 12.1 Å². The van der Waals surface area contributed by atoms with Gasteiger partial charge in [-0.05, 0) is 37.5 Å². The molecule has 1 saturated carbocycles. The fraction of sp³-hybridized carbons (Fsp3) is 0.600. The summed E-state index contributed by atoms with van der Waals surface area (Å²) in [4.78, 5) is 0.316. The molecule has 1 aliphatic rings. The van der Waals surface area contributed by atoms with Crippen LogP contribution < -0.4 is 10.5 Å². The molecule has 20 heavy (non-hydrogen) atoms. The molecular formula is C15H24N2O2S. The van der Waals surface area contributed by atoms with E-state index >= 15 is 0 Å². The van der Waals surface area contributed by atoms with Crippen molar-refractivity contribution in [2.24, 2.45) is 5.73 Å². The predicted molar refractivity (Wildman–Crippen MR) is 80.9 cm³/mol. The Morgan fingerprint density at radius 2 is 1.85 bits per heavy atom. The van der Waals surface area contributed by atoms with Gasteiger partial charge in [-0.15, -0.1) is 0 Å². The SMILES string of the molecule is CC(N)c1cccc(S(=O)(=O)NC2CCCCCC2)c1. The highest BCUT2D eigenvalue weighted by Crippen LogP contribution is 2.21. The topological polar surface area (TPSA) is 72.2 Å². The molecule has 1 aliphatic carbocycles. The van der Waals surface area contributed by atoms with Gasteiger partial charge in [-0.1, -0.05) is 37.8 Å². The number of rotatable bonds is 4. The molecule has 0 heterocycles. The largest absolute Gasteiger partial charge is 0.324 e. The smallest absolute Gasteiger partial charge is 0.240 e. The van der Waals surface area contributed by atoms with Gasteiger partial charge in [0.25, 0.3) is 0 Å². The molecule has 0 bridgehead atoms. The molecule has 2 rings (SSSR count). The Balaban J connectivity index is 2.15. The molecule has 1 unspecified atom stereocenters. The first kappa shape index (κ1) is 15.5. The fourth-order valence-corrected chi connectivity index (χ4v) is 4.01. The van der Waals surface area contributed by atoms with Gasteiger partial charge in [-0.3, -0.25) is 0 Å². The number of hydrogen-bond acceptors (Lipinski definition) is 3. The van der Waals surface area contributed by atoms with Crippen molar-refractivity contribution < 1.29 is 8.42 Å². The van der Waals surface area contributed by atoms with E-state index in [0.717, 1.165) is 31.2 Å². The summed E-state index contributed by atoms with van der Waals surface area (Å²) in [5, 5.41) is 0. The van der Waals surface area contributed by atoms with Gasteiger partial charge in [0.1, 0.15) is 0 Å². The van der Waals surface area contributed by atoms with E-state index in [0.29, 0.717) is 4.90 Å². The lowest BCUT2D eigenvalue weighted by Gasteiger charge is -2.17. The van der Waals surface area contributed by atoms with Gasteiger partial charge in [-0.2, -0.15) is 0 Å². The summed E-state index contributed by atoms with van der Waals surface area (Å²) in [6.07, 6.45) is 6.50. The van der Waals surface area contributed by atoms with Gasteiger partial charge in [0, 0.05) is 12.1 Å². The molecule has 5 heteroatoms. The minimum atomic E-state index is -3.44. The van der Waals surface area contributed by atoms with Gasteiger partial charge in [0.05, 0.1) is 4.90 Å². The Bertz CT molecular complexity index is 533. The Hall–Kier alpha value is -0.910. The molecule has 1 fully saturated rings. The summed E-state index contributed by atoms with van der Waals surface area (Å²) < 4.78 is 27.7. The number of benzene rings is 1. The van der Waals surface area contributed by atoms with Crippen molar-refractivity contribution >= 4 is 10.0 Å². The lowest BCUT2D eigenvalue weighted by molar-refractivity contribution is 0.510. The molecule has 0 spiro atoms. The van der Waals surface area contributed by atoms with Crippen LogP contribution in [0, 0.1) is 0 Å². The molecular weight excluding hydrogens is 272 g/mol. The summed E-state index contributed by atoms with van der Waals surface area (Å²) >= 11 is 0. The summed E-state index contributed by atoms with van der Waals surface area (Å²) in [7, 11) is -3.44. The average molecular weight is 296 g/mol. The van der Waals surface area contributed by atoms with Crippen LogP contribution in [0.3, 0.4) is 0 Å². The molecule has 1 atom stereocenters. The van der Waals surface area contributed by atoms with Gasteiger partial charge < -0.3 is 5.73 Å². The Labute approximate surface area is 121 Å². The summed E-state index contributed by atoms with van der Waals surface area (Å²) in [6.45, 7) is 1.85. The maximum Gasteiger partial charge on any atom is 0.240 e. The average Bonchev–Trinajstić information content (AvgIpc) is 2.67. The molecule has 1 aromatic carbocycles. The zero-order chi connectivity index (χ0) is 14.6. The van der Waals surface area contributed by atoms with E-state index < -0.39 is 10.0 Å². The molecule has 0 aromatic heterocycles. The Morgan fingerprint density at radius 3 is 2.45 bits per heavy atom. The van der Waals surface area contributed by atoms with Crippen LogP contribution in [0.15, 0.2) is 29.2 Å². The van der Waals surface area contributed by atoms with E-state index in [4.69, 9.17) is 5.73 Å². The molecule has 0 amide bonds. The quantitative estimate of drug-likeness (QED) is 0.839. The summed E-state index contributed by atoms with van der Waals surface area (Å²) in [6, 6.07) is 6.81. The van der Waals surface area contributed by atoms with E-state index in [2.05, 4.69) is 4.72 Å². The van der Waals surface area contributed by atoms with Crippen LogP contribution in [0.2, 0.25) is 0 Å². The highest BCUT2D eigenvalue weighted by atomic mass is 32.2. The van der Waals surface area contributed by atoms with E-state index in [1.54, 1.807) is 18.2 Å². The third-order valence-corrected chi connectivity index (χ3v) is 5.39. The van der Waals surface area contributed by atoms with E-state index in [1.807, 2.05) is 13.0 Å². The third-order valence-electron chi connectivity index (χ3n) is 3.87. The maximum atomic E-state index is 12.4. The number of hydrogen-bond donors (Lipinski definition) is 2. The normalized spacial score (nSPS) is 19.5. The zero-order valence-electron chi connectivity index (χ0n) is 12.0. The molecule has 1 aromatic rings. The van der Waals surface area contributed by atoms with Crippen molar-refractivity contribution in [3.05, 3.63) is 29.8 Å². The zero-order valence-corrected chi connectivity index (χ0v) is 12.8. The fourth-order valence-electron chi connectivity index (χ4n) is 2.65. The molecule has 0 aliphatic heterocycles. The minimum absolute atomic E-state index is 0.0708. The van der Waals surface area contributed by atoms with Crippen LogP contribution in [-0.2, 0) is 10.0 Å². The van der Waals surface area contributed by atoms with Crippen LogP contribution >= 0.6 is 0 Å². The van der Waals surface area contributed by atoms with Crippen molar-refractivity contribution in [3.63, 3.8) is 0 Å². The monoisotopic (exact) mass is 296 g/mol. The second-order valence-corrected chi connectivity index (χ2v) is 7.38. The molecule has 3 N–H and O–H groups in total. The highest BCUT2D eigenvalue weighted by Gasteiger charge is 2.21. The lowest BCUT2D eigenvalue weighted by Crippen LogP contribution is -2.34. The van der Waals surface area contributed by atoms with E-state index in [9.17, 15) is 8.42 Å². The summed E-state index contributed by atoms with van der Waals surface area (Å²) in [5.74, 6) is 0. The number of sulfonamides is 1. The van der Waals surface area contributed by atoms with Crippen molar-refractivity contribution in [2.45, 2.75) is 62.4 Å². The van der Waals surface area contributed by atoms with Crippen LogP contribution in [0.4, 0.5) is 0 Å². The van der Waals surface area contributed by atoms with Crippen molar-refractivity contribution in [1.29, 1.82) is 0 Å². The minimum Gasteiger partial charge on any atom is -0.324 e. The van der Waals surface area contributed by atoms with Gasteiger partial charge in [-0.25, -0.2) is 13.1 Å². The molecule has 0 saturated heterocycles. The summed E-state index contributed by atoms with van der Waals surface area (Å²) in [5.41, 5.74) is 6.66. The van der Waals surface area contributed by atoms with E-state index in [1.165, 1.54) is 12.8 Å². The van der Waals surface area contributed by atoms with Gasteiger partial charge in [0.2, 0.25) is 10.0 Å². The first-order chi connectivity index (χ1) is 9.49. The first-order valence-electron chi connectivity index (χ1n) is 7.37. The first-order valence-corrected chi connectivity index (χ1v) is 8.85. The Morgan fingerprint density at radius 1 is 1.20 bits per heavy atom. The van der Waals surface area contributed by atoms with Crippen LogP contribution in [-0.4, -0.2) is 14.5 Å². The number of nitrogens with one attached hydrogen (secondary N) is 1. The van der Waals surface area contributed by atoms with Crippen LogP contribution in [0.1, 0.15) is 57.1 Å². The van der Waals surface area contributed by atoms with Gasteiger partial charge in [0.15, 0.2) is 0 Å². The van der Waals surface area contributed by atoms with Crippen molar-refractivity contribution in [3.8, 4) is 0 Å². The lowest BCUT2D eigenvalue weighted by atomic mass is 10.1. The molecule has 112 valence electrons. The van der Waals surface area contributed by atoms with Gasteiger partial charge >= 0.3 is 0 Å². The van der Waals surface area contributed by atoms with Crippen molar-refractivity contribution in [1.82, 2.24) is 4.72 Å². The Kier molecular flexibility index (Phi) is 5.18. The second kappa shape index (κ2) is 6.70. The number of nitrogens with two attached hydrogens (primary N) is 1. The predicted octanol–water partition coefficient (Wildman–Crippen LogP) is 2.71. The van der Waals surface area contributed by atoms with Crippen LogP contribution in [0.25, 0.3) is 0 Å². The molecule has 0 radical (unpaired) electrons. The van der Waals surface area contributed by atoms with Crippen LogP contribution in [0.5, 0.6) is 0 Å². The third kappa shape index (κ3) is 4.04. The molecule has 4 nitrogen and oxygen atoms in total. The highest BCUT2D eigenvalue weighted by molar-refractivity contribution is 7.89. The maximum absolute atomic E-state index is 12.4. The standard InChI is InChI=1S/C15H24N2O2S/c1-12(16)13-7-6-10-15(11-13)20(18,19)17-14-8-4-2-3-5-9-14/h6-7,10-12,14,17H,2-5,8-9,16H2,1H3. The second-order valence-electron chi connectivity index (χ2n) is 5.67. The van der Waals surface area contributed by atoms with Crippen molar-refractivity contribution in [2.75, 3.05) is 0 Å².